The maximum absolute atomic E-state index is 10.9. The Balaban J connectivity index is 2.45. The van der Waals surface area contributed by atoms with Crippen molar-refractivity contribution in [2.24, 2.45) is 0 Å². The van der Waals surface area contributed by atoms with E-state index in [1.165, 1.54) is 6.42 Å². The zero-order chi connectivity index (χ0) is 9.14. The number of amides is 1. The number of carbonyl (C=O) groups is 1. The number of piperidine rings is 1. The van der Waals surface area contributed by atoms with Crippen LogP contribution in [0.25, 0.3) is 0 Å². The van der Waals surface area contributed by atoms with Gasteiger partial charge < -0.3 is 9.80 Å². The monoisotopic (exact) mass is 188 g/mol. The van der Waals surface area contributed by atoms with Crippen molar-refractivity contribution in [3.05, 3.63) is 0 Å². The van der Waals surface area contributed by atoms with Crippen molar-refractivity contribution in [3.63, 3.8) is 0 Å². The summed E-state index contributed by atoms with van der Waals surface area (Å²) in [7, 11) is 3.90. The summed E-state index contributed by atoms with van der Waals surface area (Å²) in [6.45, 7) is 2.12. The molecular formula is C8H16N2OS. The van der Waals surface area contributed by atoms with Crippen LogP contribution >= 0.6 is 12.6 Å². The van der Waals surface area contributed by atoms with Crippen LogP contribution in [0.5, 0.6) is 0 Å². The molecule has 1 fully saturated rings. The molecule has 1 atom stereocenters. The highest BCUT2D eigenvalue weighted by atomic mass is 32.1. The van der Waals surface area contributed by atoms with E-state index in [4.69, 9.17) is 0 Å². The summed E-state index contributed by atoms with van der Waals surface area (Å²) < 4.78 is 0. The van der Waals surface area contributed by atoms with Gasteiger partial charge in [-0.1, -0.05) is 12.6 Å². The van der Waals surface area contributed by atoms with E-state index in [1.54, 1.807) is 4.90 Å². The summed E-state index contributed by atoms with van der Waals surface area (Å²) in [5.74, 6) is 0. The van der Waals surface area contributed by atoms with Crippen LogP contribution in [-0.4, -0.2) is 48.3 Å². The van der Waals surface area contributed by atoms with E-state index in [1.807, 2.05) is 7.05 Å². The first-order chi connectivity index (χ1) is 5.61. The number of nitrogens with zero attached hydrogens (tertiary/aromatic N) is 2. The maximum Gasteiger partial charge on any atom is 0.278 e. The normalized spacial score (nSPS) is 25.4. The molecule has 1 saturated heterocycles. The summed E-state index contributed by atoms with van der Waals surface area (Å²) >= 11 is 3.80. The zero-order valence-corrected chi connectivity index (χ0v) is 8.55. The van der Waals surface area contributed by atoms with Gasteiger partial charge in [0.05, 0.1) is 0 Å². The van der Waals surface area contributed by atoms with Crippen molar-refractivity contribution in [3.8, 4) is 0 Å². The van der Waals surface area contributed by atoms with E-state index >= 15 is 0 Å². The molecule has 4 heteroatoms. The first-order valence-corrected chi connectivity index (χ1v) is 4.70. The van der Waals surface area contributed by atoms with Crippen LogP contribution in [0, 0.1) is 0 Å². The van der Waals surface area contributed by atoms with Crippen LogP contribution in [-0.2, 0) is 0 Å². The summed E-state index contributed by atoms with van der Waals surface area (Å²) in [6, 6.07) is 0.355. The Morgan fingerprint density at radius 2 is 2.33 bits per heavy atom. The fourth-order valence-electron chi connectivity index (χ4n) is 1.61. The Hall–Kier alpha value is -0.220. The Morgan fingerprint density at radius 1 is 1.67 bits per heavy atom. The van der Waals surface area contributed by atoms with Crippen molar-refractivity contribution in [2.75, 3.05) is 27.2 Å². The standard InChI is InChI=1S/C8H16N2OS/c1-9-5-3-4-7(6-9)10(2)8(11)12/h7H,3-6H2,1-2H3,(H,11,12). The molecule has 0 aromatic rings. The fourth-order valence-corrected chi connectivity index (χ4v) is 1.77. The van der Waals surface area contributed by atoms with Gasteiger partial charge in [0, 0.05) is 19.6 Å². The Bertz CT molecular complexity index is 174. The first kappa shape index (κ1) is 9.86. The molecule has 1 unspecified atom stereocenters. The molecule has 1 amide bonds. The van der Waals surface area contributed by atoms with Crippen molar-refractivity contribution in [1.82, 2.24) is 9.80 Å². The van der Waals surface area contributed by atoms with E-state index in [9.17, 15) is 4.79 Å². The molecule has 0 radical (unpaired) electrons. The minimum absolute atomic E-state index is 0.129. The van der Waals surface area contributed by atoms with E-state index in [0.717, 1.165) is 19.5 Å². The quantitative estimate of drug-likeness (QED) is 0.622. The highest BCUT2D eigenvalue weighted by Gasteiger charge is 2.22. The fraction of sp³-hybridized carbons (Fsp3) is 0.875. The molecule has 0 aromatic heterocycles. The number of rotatable bonds is 1. The highest BCUT2D eigenvalue weighted by Crippen LogP contribution is 2.14. The molecule has 1 aliphatic heterocycles. The SMILES string of the molecule is CN1CCCC(N(C)C(=O)S)C1. The molecular weight excluding hydrogens is 172 g/mol. The van der Waals surface area contributed by atoms with Gasteiger partial charge in [0.1, 0.15) is 0 Å². The summed E-state index contributed by atoms with van der Waals surface area (Å²) in [6.07, 6.45) is 2.28. The van der Waals surface area contributed by atoms with Gasteiger partial charge in [0.25, 0.3) is 5.24 Å². The molecule has 0 saturated carbocycles. The Labute approximate surface area is 79.1 Å². The second kappa shape index (κ2) is 4.14. The van der Waals surface area contributed by atoms with Crippen LogP contribution in [0.15, 0.2) is 0 Å². The highest BCUT2D eigenvalue weighted by molar-refractivity contribution is 7.96. The zero-order valence-electron chi connectivity index (χ0n) is 7.66. The third-order valence-corrected chi connectivity index (χ3v) is 2.76. The minimum Gasteiger partial charge on any atom is -0.333 e. The number of hydrogen-bond donors (Lipinski definition) is 1. The maximum atomic E-state index is 10.9. The second-order valence-corrected chi connectivity index (χ2v) is 3.83. The van der Waals surface area contributed by atoms with Gasteiger partial charge in [0.2, 0.25) is 0 Å². The third kappa shape index (κ3) is 2.38. The molecule has 0 aliphatic carbocycles. The van der Waals surface area contributed by atoms with Gasteiger partial charge >= 0.3 is 0 Å². The first-order valence-electron chi connectivity index (χ1n) is 4.25. The molecule has 1 rings (SSSR count). The van der Waals surface area contributed by atoms with Gasteiger partial charge in [-0.25, -0.2) is 0 Å². The molecule has 1 heterocycles. The predicted octanol–water partition coefficient (Wildman–Crippen LogP) is 1.06. The average Bonchev–Trinajstić information content (AvgIpc) is 2.03. The lowest BCUT2D eigenvalue weighted by Crippen LogP contribution is -2.45. The minimum atomic E-state index is -0.129. The number of hydrogen-bond acceptors (Lipinski definition) is 2. The van der Waals surface area contributed by atoms with Crippen LogP contribution in [0.3, 0.4) is 0 Å². The second-order valence-electron chi connectivity index (χ2n) is 3.45. The number of likely N-dealkylation sites (tertiary alicyclic amines) is 1. The molecule has 0 N–H and O–H groups in total. The lowest BCUT2D eigenvalue weighted by Gasteiger charge is -2.34. The lowest BCUT2D eigenvalue weighted by molar-refractivity contribution is 0.155. The molecule has 0 bridgehead atoms. The van der Waals surface area contributed by atoms with Gasteiger partial charge in [0.15, 0.2) is 0 Å². The Kier molecular flexibility index (Phi) is 3.40. The van der Waals surface area contributed by atoms with Gasteiger partial charge in [-0.3, -0.25) is 4.79 Å². The van der Waals surface area contributed by atoms with E-state index < -0.39 is 0 Å². The van der Waals surface area contributed by atoms with Gasteiger partial charge in [-0.2, -0.15) is 0 Å². The number of likely N-dealkylation sites (N-methyl/N-ethyl adjacent to an activating group) is 2. The smallest absolute Gasteiger partial charge is 0.278 e. The summed E-state index contributed by atoms with van der Waals surface area (Å²) in [5.41, 5.74) is 0. The van der Waals surface area contributed by atoms with Crippen LogP contribution in [0.2, 0.25) is 0 Å². The van der Waals surface area contributed by atoms with Gasteiger partial charge in [-0.05, 0) is 26.4 Å². The lowest BCUT2D eigenvalue weighted by atomic mass is 10.1. The van der Waals surface area contributed by atoms with Crippen molar-refractivity contribution in [2.45, 2.75) is 18.9 Å². The molecule has 1 aliphatic rings. The largest absolute Gasteiger partial charge is 0.333 e. The molecule has 0 spiro atoms. The van der Waals surface area contributed by atoms with Gasteiger partial charge in [-0.15, -0.1) is 0 Å². The molecule has 3 nitrogen and oxygen atoms in total. The van der Waals surface area contributed by atoms with Crippen molar-refractivity contribution in [1.29, 1.82) is 0 Å². The third-order valence-electron chi connectivity index (χ3n) is 2.45. The summed E-state index contributed by atoms with van der Waals surface area (Å²) in [4.78, 5) is 14.9. The van der Waals surface area contributed by atoms with E-state index in [2.05, 4.69) is 24.6 Å². The van der Waals surface area contributed by atoms with Crippen molar-refractivity contribution < 1.29 is 4.79 Å². The number of carbonyl (C=O) groups excluding carboxylic acids is 1. The topological polar surface area (TPSA) is 23.6 Å². The van der Waals surface area contributed by atoms with E-state index in [-0.39, 0.29) is 5.24 Å². The molecule has 70 valence electrons. The van der Waals surface area contributed by atoms with Crippen molar-refractivity contribution >= 4 is 17.9 Å². The van der Waals surface area contributed by atoms with Crippen LogP contribution < -0.4 is 0 Å². The van der Waals surface area contributed by atoms with Crippen LogP contribution in [0.1, 0.15) is 12.8 Å². The Morgan fingerprint density at radius 3 is 2.83 bits per heavy atom. The van der Waals surface area contributed by atoms with Crippen LogP contribution in [0.4, 0.5) is 4.79 Å². The molecule has 0 aromatic carbocycles. The number of thiol groups is 1. The van der Waals surface area contributed by atoms with E-state index in [0.29, 0.717) is 6.04 Å². The molecule has 12 heavy (non-hydrogen) atoms. The summed E-state index contributed by atoms with van der Waals surface area (Å²) in [5, 5.41) is -0.129. The average molecular weight is 188 g/mol. The predicted molar refractivity (Wildman–Crippen MR) is 52.7 cm³/mol.